The van der Waals surface area contributed by atoms with Crippen molar-refractivity contribution in [2.24, 2.45) is 0 Å². The molecule has 4 heteroatoms. The Morgan fingerprint density at radius 2 is 1.89 bits per heavy atom. The number of thiophene rings is 1. The van der Waals surface area contributed by atoms with Gasteiger partial charge in [-0.3, -0.25) is 4.79 Å². The molecular formula is C15H12ClNOS. The number of allylic oxidation sites excluding steroid dienone is 1. The van der Waals surface area contributed by atoms with Crippen molar-refractivity contribution in [1.29, 1.82) is 0 Å². The second-order valence-corrected chi connectivity index (χ2v) is 6.07. The molecule has 0 bridgehead atoms. The quantitative estimate of drug-likeness (QED) is 0.483. The van der Waals surface area contributed by atoms with Gasteiger partial charge in [0.1, 0.15) is 0 Å². The van der Waals surface area contributed by atoms with Crippen molar-refractivity contribution in [3.8, 4) is 0 Å². The number of ketones is 1. The highest BCUT2D eigenvalue weighted by Crippen LogP contribution is 2.27. The number of carbonyl (C=O) groups is 1. The number of rotatable bonds is 4. The number of hydrogen-bond acceptors (Lipinski definition) is 3. The maximum atomic E-state index is 12.2. The van der Waals surface area contributed by atoms with Crippen molar-refractivity contribution in [1.82, 2.24) is 4.90 Å². The minimum Gasteiger partial charge on any atom is -0.367 e. The Morgan fingerprint density at radius 3 is 2.47 bits per heavy atom. The summed E-state index contributed by atoms with van der Waals surface area (Å²) in [4.78, 5) is 15.1. The Bertz CT molecular complexity index is 629. The van der Waals surface area contributed by atoms with Crippen LogP contribution >= 0.6 is 22.9 Å². The fraction of sp³-hybridized carbons (Fsp3) is 0.133. The third-order valence-corrected chi connectivity index (χ3v) is 4.19. The van der Waals surface area contributed by atoms with Crippen LogP contribution in [0, 0.1) is 0 Å². The summed E-state index contributed by atoms with van der Waals surface area (Å²) < 4.78 is 0.643. The van der Waals surface area contributed by atoms with Crippen molar-refractivity contribution in [3.05, 3.63) is 63.3 Å². The van der Waals surface area contributed by atoms with Gasteiger partial charge in [0, 0.05) is 24.9 Å². The molecule has 0 radical (unpaired) electrons. The third kappa shape index (κ3) is 2.88. The lowest BCUT2D eigenvalue weighted by Crippen LogP contribution is -2.01. The van der Waals surface area contributed by atoms with Gasteiger partial charge in [-0.1, -0.05) is 41.9 Å². The fourth-order valence-corrected chi connectivity index (χ4v) is 2.85. The normalized spacial score (nSPS) is 14.6. The van der Waals surface area contributed by atoms with E-state index in [-0.39, 0.29) is 5.78 Å². The molecule has 0 aliphatic carbocycles. The van der Waals surface area contributed by atoms with Crippen LogP contribution in [0.1, 0.15) is 15.2 Å². The van der Waals surface area contributed by atoms with Crippen molar-refractivity contribution >= 4 is 34.4 Å². The topological polar surface area (TPSA) is 20.1 Å². The van der Waals surface area contributed by atoms with E-state index >= 15 is 0 Å². The molecular weight excluding hydrogens is 278 g/mol. The maximum absolute atomic E-state index is 12.2. The first kappa shape index (κ1) is 12.5. The Kier molecular flexibility index (Phi) is 3.40. The van der Waals surface area contributed by atoms with E-state index in [0.29, 0.717) is 9.21 Å². The Morgan fingerprint density at radius 1 is 1.16 bits per heavy atom. The highest BCUT2D eigenvalue weighted by molar-refractivity contribution is 7.18. The molecule has 19 heavy (non-hydrogen) atoms. The molecule has 0 unspecified atom stereocenters. The summed E-state index contributed by atoms with van der Waals surface area (Å²) >= 11 is 7.19. The molecule has 1 saturated heterocycles. The van der Waals surface area contributed by atoms with E-state index in [2.05, 4.69) is 4.90 Å². The average molecular weight is 290 g/mol. The molecule has 1 aromatic carbocycles. The smallest absolute Gasteiger partial charge is 0.197 e. The predicted molar refractivity (Wildman–Crippen MR) is 79.7 cm³/mol. The predicted octanol–water partition coefficient (Wildman–Crippen LogP) is 3.94. The minimum absolute atomic E-state index is 0.0163. The SMILES string of the molecule is O=C(/C=C(\c1ccccc1)N1CC1)c1ccc(Cl)s1. The first-order valence-corrected chi connectivity index (χ1v) is 7.25. The molecule has 0 atom stereocenters. The molecule has 0 amide bonds. The van der Waals surface area contributed by atoms with E-state index in [9.17, 15) is 4.79 Å². The van der Waals surface area contributed by atoms with Gasteiger partial charge >= 0.3 is 0 Å². The molecule has 2 heterocycles. The summed E-state index contributed by atoms with van der Waals surface area (Å²) in [6.07, 6.45) is 1.71. The minimum atomic E-state index is 0.0163. The number of halogens is 1. The van der Waals surface area contributed by atoms with E-state index in [0.717, 1.165) is 24.4 Å². The molecule has 0 spiro atoms. The van der Waals surface area contributed by atoms with Crippen LogP contribution in [-0.4, -0.2) is 23.8 Å². The highest BCUT2D eigenvalue weighted by atomic mass is 35.5. The zero-order chi connectivity index (χ0) is 13.2. The van der Waals surface area contributed by atoms with Crippen LogP contribution in [-0.2, 0) is 0 Å². The second kappa shape index (κ2) is 5.19. The molecule has 2 nitrogen and oxygen atoms in total. The lowest BCUT2D eigenvalue weighted by atomic mass is 10.1. The number of benzene rings is 1. The van der Waals surface area contributed by atoms with Crippen molar-refractivity contribution in [3.63, 3.8) is 0 Å². The summed E-state index contributed by atoms with van der Waals surface area (Å²) in [7, 11) is 0. The highest BCUT2D eigenvalue weighted by Gasteiger charge is 2.23. The zero-order valence-corrected chi connectivity index (χ0v) is 11.7. The Labute approximate surface area is 120 Å². The molecule has 0 saturated carbocycles. The van der Waals surface area contributed by atoms with Crippen LogP contribution in [0.15, 0.2) is 48.5 Å². The van der Waals surface area contributed by atoms with Crippen LogP contribution in [0.4, 0.5) is 0 Å². The lowest BCUT2D eigenvalue weighted by Gasteiger charge is -2.08. The van der Waals surface area contributed by atoms with Crippen LogP contribution in [0.5, 0.6) is 0 Å². The third-order valence-electron chi connectivity index (χ3n) is 2.94. The summed E-state index contributed by atoms with van der Waals surface area (Å²) in [5.74, 6) is 0.0163. The van der Waals surface area contributed by atoms with Crippen LogP contribution in [0.25, 0.3) is 5.70 Å². The average Bonchev–Trinajstić information content (AvgIpc) is 3.18. The van der Waals surface area contributed by atoms with Crippen LogP contribution in [0.2, 0.25) is 4.34 Å². The van der Waals surface area contributed by atoms with E-state index in [1.807, 2.05) is 30.3 Å². The van der Waals surface area contributed by atoms with E-state index in [1.54, 1.807) is 18.2 Å². The van der Waals surface area contributed by atoms with Gasteiger partial charge in [0.25, 0.3) is 0 Å². The van der Waals surface area contributed by atoms with Gasteiger partial charge in [-0.05, 0) is 17.7 Å². The first-order valence-electron chi connectivity index (χ1n) is 6.06. The number of hydrogen-bond donors (Lipinski definition) is 0. The van der Waals surface area contributed by atoms with Gasteiger partial charge in [0.15, 0.2) is 5.78 Å². The van der Waals surface area contributed by atoms with Crippen LogP contribution in [0.3, 0.4) is 0 Å². The maximum Gasteiger partial charge on any atom is 0.197 e. The molecule has 3 rings (SSSR count). The Hall–Kier alpha value is -1.58. The molecule has 0 N–H and O–H groups in total. The second-order valence-electron chi connectivity index (χ2n) is 4.35. The van der Waals surface area contributed by atoms with Gasteiger partial charge in [-0.25, -0.2) is 0 Å². The summed E-state index contributed by atoms with van der Waals surface area (Å²) in [6, 6.07) is 13.5. The van der Waals surface area contributed by atoms with Crippen molar-refractivity contribution in [2.75, 3.05) is 13.1 Å². The lowest BCUT2D eigenvalue weighted by molar-refractivity contribution is 0.105. The fourth-order valence-electron chi connectivity index (χ4n) is 1.90. The zero-order valence-electron chi connectivity index (χ0n) is 10.2. The van der Waals surface area contributed by atoms with E-state index in [1.165, 1.54) is 11.3 Å². The molecule has 96 valence electrons. The number of carbonyl (C=O) groups excluding carboxylic acids is 1. The molecule has 2 aromatic rings. The summed E-state index contributed by atoms with van der Waals surface area (Å²) in [5, 5.41) is 0. The largest absolute Gasteiger partial charge is 0.367 e. The Balaban J connectivity index is 1.92. The molecule has 1 aromatic heterocycles. The van der Waals surface area contributed by atoms with Crippen molar-refractivity contribution < 1.29 is 4.79 Å². The van der Waals surface area contributed by atoms with Gasteiger partial charge in [0.2, 0.25) is 0 Å². The van der Waals surface area contributed by atoms with Gasteiger partial charge in [0.05, 0.1) is 9.21 Å². The molecule has 1 aliphatic heterocycles. The van der Waals surface area contributed by atoms with Crippen LogP contribution < -0.4 is 0 Å². The monoisotopic (exact) mass is 289 g/mol. The molecule has 1 fully saturated rings. The van der Waals surface area contributed by atoms with Crippen molar-refractivity contribution in [2.45, 2.75) is 0 Å². The standard InChI is InChI=1S/C15H12ClNOS/c16-15-7-6-14(19-15)13(18)10-12(17-8-9-17)11-4-2-1-3-5-11/h1-7,10H,8-9H2/b12-10+. The van der Waals surface area contributed by atoms with Gasteiger partial charge < -0.3 is 4.90 Å². The molecule has 1 aliphatic rings. The summed E-state index contributed by atoms with van der Waals surface area (Å²) in [5.41, 5.74) is 2.08. The summed E-state index contributed by atoms with van der Waals surface area (Å²) in [6.45, 7) is 2.03. The van der Waals surface area contributed by atoms with E-state index in [4.69, 9.17) is 11.6 Å². The van der Waals surface area contributed by atoms with Gasteiger partial charge in [-0.15, -0.1) is 11.3 Å². The van der Waals surface area contributed by atoms with E-state index < -0.39 is 0 Å². The first-order chi connectivity index (χ1) is 9.24. The van der Waals surface area contributed by atoms with Gasteiger partial charge in [-0.2, -0.15) is 0 Å². The number of nitrogens with zero attached hydrogens (tertiary/aromatic N) is 1.